The zero-order chi connectivity index (χ0) is 9.14. The fourth-order valence-corrected chi connectivity index (χ4v) is 1.64. The molecule has 0 spiro atoms. The SMILES string of the molecule is Cc1cc(CC(C)C)ccc1I. The lowest BCUT2D eigenvalue weighted by Gasteiger charge is -2.06. The number of hydrogen-bond donors (Lipinski definition) is 0. The molecule has 12 heavy (non-hydrogen) atoms. The molecule has 1 heteroatoms. The van der Waals surface area contributed by atoms with E-state index >= 15 is 0 Å². The van der Waals surface area contributed by atoms with Crippen molar-refractivity contribution in [2.75, 3.05) is 0 Å². The van der Waals surface area contributed by atoms with Crippen molar-refractivity contribution in [3.8, 4) is 0 Å². The molecule has 0 aromatic heterocycles. The van der Waals surface area contributed by atoms with Crippen molar-refractivity contribution in [2.24, 2.45) is 5.92 Å². The second-order valence-corrected chi connectivity index (χ2v) is 4.84. The second-order valence-electron chi connectivity index (χ2n) is 3.68. The van der Waals surface area contributed by atoms with Crippen LogP contribution in [0.2, 0.25) is 0 Å². The van der Waals surface area contributed by atoms with Gasteiger partial charge in [-0.15, -0.1) is 0 Å². The zero-order valence-electron chi connectivity index (χ0n) is 7.89. The fourth-order valence-electron chi connectivity index (χ4n) is 1.31. The molecular formula is C11H15I. The smallest absolute Gasteiger partial charge is 0.0159 e. The van der Waals surface area contributed by atoms with Crippen LogP contribution in [0.25, 0.3) is 0 Å². The summed E-state index contributed by atoms with van der Waals surface area (Å²) in [5.74, 6) is 0.754. The second kappa shape index (κ2) is 4.26. The minimum absolute atomic E-state index is 0.754. The van der Waals surface area contributed by atoms with Gasteiger partial charge < -0.3 is 0 Å². The molecule has 0 atom stereocenters. The molecule has 1 rings (SSSR count). The maximum Gasteiger partial charge on any atom is 0.0159 e. The molecule has 0 bridgehead atoms. The Morgan fingerprint density at radius 3 is 2.50 bits per heavy atom. The first kappa shape index (κ1) is 10.0. The standard InChI is InChI=1S/C11H15I/c1-8(2)6-10-4-5-11(12)9(3)7-10/h4-5,7-8H,6H2,1-3H3. The van der Waals surface area contributed by atoms with E-state index < -0.39 is 0 Å². The quantitative estimate of drug-likeness (QED) is 0.720. The van der Waals surface area contributed by atoms with Crippen LogP contribution in [0.15, 0.2) is 18.2 Å². The Labute approximate surface area is 88.5 Å². The topological polar surface area (TPSA) is 0 Å². The number of rotatable bonds is 2. The molecule has 0 aliphatic heterocycles. The summed E-state index contributed by atoms with van der Waals surface area (Å²) in [5.41, 5.74) is 2.86. The van der Waals surface area contributed by atoms with Crippen LogP contribution in [-0.4, -0.2) is 0 Å². The Balaban J connectivity index is 2.82. The Morgan fingerprint density at radius 1 is 1.33 bits per heavy atom. The third kappa shape index (κ3) is 2.77. The molecule has 1 aromatic carbocycles. The average molecular weight is 274 g/mol. The van der Waals surface area contributed by atoms with E-state index in [-0.39, 0.29) is 0 Å². The van der Waals surface area contributed by atoms with Crippen LogP contribution in [0.4, 0.5) is 0 Å². The van der Waals surface area contributed by atoms with Crippen LogP contribution < -0.4 is 0 Å². The molecule has 0 N–H and O–H groups in total. The van der Waals surface area contributed by atoms with Gasteiger partial charge in [-0.05, 0) is 59.0 Å². The van der Waals surface area contributed by atoms with E-state index in [1.165, 1.54) is 21.1 Å². The van der Waals surface area contributed by atoms with Gasteiger partial charge in [-0.3, -0.25) is 0 Å². The van der Waals surface area contributed by atoms with Gasteiger partial charge in [0.2, 0.25) is 0 Å². The number of hydrogen-bond acceptors (Lipinski definition) is 0. The molecule has 0 saturated carbocycles. The highest BCUT2D eigenvalue weighted by molar-refractivity contribution is 14.1. The largest absolute Gasteiger partial charge is 0.0625 e. The molecule has 0 unspecified atom stereocenters. The van der Waals surface area contributed by atoms with Gasteiger partial charge in [-0.2, -0.15) is 0 Å². The van der Waals surface area contributed by atoms with Crippen molar-refractivity contribution in [1.29, 1.82) is 0 Å². The zero-order valence-corrected chi connectivity index (χ0v) is 10.1. The van der Waals surface area contributed by atoms with Gasteiger partial charge in [0.15, 0.2) is 0 Å². The van der Waals surface area contributed by atoms with Crippen molar-refractivity contribution >= 4 is 22.6 Å². The Bertz CT molecular complexity index is 264. The maximum atomic E-state index is 2.37. The highest BCUT2D eigenvalue weighted by atomic mass is 127. The normalized spacial score (nSPS) is 10.8. The van der Waals surface area contributed by atoms with E-state index in [1.807, 2.05) is 0 Å². The van der Waals surface area contributed by atoms with E-state index in [0.717, 1.165) is 5.92 Å². The summed E-state index contributed by atoms with van der Waals surface area (Å²) in [6.45, 7) is 6.69. The fraction of sp³-hybridized carbons (Fsp3) is 0.455. The first-order chi connectivity index (χ1) is 5.59. The highest BCUT2D eigenvalue weighted by Gasteiger charge is 1.99. The summed E-state index contributed by atoms with van der Waals surface area (Å²) in [6, 6.07) is 6.73. The molecule has 66 valence electrons. The van der Waals surface area contributed by atoms with E-state index in [0.29, 0.717) is 0 Å². The maximum absolute atomic E-state index is 2.37. The van der Waals surface area contributed by atoms with Crippen LogP contribution >= 0.6 is 22.6 Å². The molecule has 0 aliphatic rings. The van der Waals surface area contributed by atoms with Crippen LogP contribution in [0.3, 0.4) is 0 Å². The van der Waals surface area contributed by atoms with Gasteiger partial charge in [-0.25, -0.2) is 0 Å². The lowest BCUT2D eigenvalue weighted by Crippen LogP contribution is -1.94. The summed E-state index contributed by atoms with van der Waals surface area (Å²) in [6.07, 6.45) is 1.19. The van der Waals surface area contributed by atoms with Gasteiger partial charge in [0.05, 0.1) is 0 Å². The van der Waals surface area contributed by atoms with Crippen LogP contribution in [0.1, 0.15) is 25.0 Å². The van der Waals surface area contributed by atoms with Crippen molar-refractivity contribution in [3.63, 3.8) is 0 Å². The van der Waals surface area contributed by atoms with Crippen LogP contribution in [0.5, 0.6) is 0 Å². The molecule has 0 nitrogen and oxygen atoms in total. The molecule has 0 heterocycles. The van der Waals surface area contributed by atoms with E-state index in [9.17, 15) is 0 Å². The molecule has 0 aliphatic carbocycles. The predicted octanol–water partition coefficient (Wildman–Crippen LogP) is 3.80. The van der Waals surface area contributed by atoms with Crippen LogP contribution in [0, 0.1) is 16.4 Å². The molecule has 0 saturated heterocycles. The predicted molar refractivity (Wildman–Crippen MR) is 62.4 cm³/mol. The Hall–Kier alpha value is -0.0500. The summed E-state index contributed by atoms with van der Waals surface area (Å²) in [5, 5.41) is 0. The first-order valence-corrected chi connectivity index (χ1v) is 5.42. The monoisotopic (exact) mass is 274 g/mol. The highest BCUT2D eigenvalue weighted by Crippen LogP contribution is 2.15. The molecule has 1 aromatic rings. The van der Waals surface area contributed by atoms with E-state index in [4.69, 9.17) is 0 Å². The minimum atomic E-state index is 0.754. The number of benzene rings is 1. The number of halogens is 1. The Kier molecular flexibility index (Phi) is 3.56. The van der Waals surface area contributed by atoms with Crippen molar-refractivity contribution in [1.82, 2.24) is 0 Å². The summed E-state index contributed by atoms with van der Waals surface area (Å²) < 4.78 is 1.36. The van der Waals surface area contributed by atoms with Gasteiger partial charge in [0, 0.05) is 3.57 Å². The number of aryl methyl sites for hydroxylation is 1. The average Bonchev–Trinajstić information content (AvgIpc) is 1.96. The van der Waals surface area contributed by atoms with Gasteiger partial charge >= 0.3 is 0 Å². The molecular weight excluding hydrogens is 259 g/mol. The summed E-state index contributed by atoms with van der Waals surface area (Å²) in [4.78, 5) is 0. The molecule has 0 radical (unpaired) electrons. The van der Waals surface area contributed by atoms with Crippen molar-refractivity contribution < 1.29 is 0 Å². The summed E-state index contributed by atoms with van der Waals surface area (Å²) >= 11 is 2.37. The van der Waals surface area contributed by atoms with Crippen molar-refractivity contribution in [2.45, 2.75) is 27.2 Å². The molecule has 0 fully saturated rings. The minimum Gasteiger partial charge on any atom is -0.0625 e. The molecule has 0 amide bonds. The van der Waals surface area contributed by atoms with E-state index in [2.05, 4.69) is 61.6 Å². The summed E-state index contributed by atoms with van der Waals surface area (Å²) in [7, 11) is 0. The van der Waals surface area contributed by atoms with Gasteiger partial charge in [0.25, 0.3) is 0 Å². The third-order valence-electron chi connectivity index (χ3n) is 1.87. The third-order valence-corrected chi connectivity index (χ3v) is 3.08. The lowest BCUT2D eigenvalue weighted by molar-refractivity contribution is 0.647. The van der Waals surface area contributed by atoms with Crippen LogP contribution in [-0.2, 0) is 6.42 Å². The van der Waals surface area contributed by atoms with E-state index in [1.54, 1.807) is 0 Å². The lowest BCUT2D eigenvalue weighted by atomic mass is 10.0. The van der Waals surface area contributed by atoms with Gasteiger partial charge in [0.1, 0.15) is 0 Å². The van der Waals surface area contributed by atoms with Gasteiger partial charge in [-0.1, -0.05) is 26.0 Å². The van der Waals surface area contributed by atoms with Crippen molar-refractivity contribution in [3.05, 3.63) is 32.9 Å². The Morgan fingerprint density at radius 2 is 2.00 bits per heavy atom. The first-order valence-electron chi connectivity index (χ1n) is 4.34.